The number of nitrogens with zero attached hydrogens (tertiary/aromatic N) is 4. The average Bonchev–Trinajstić information content (AvgIpc) is 3.12. The van der Waals surface area contributed by atoms with Crippen LogP contribution < -0.4 is 0 Å². The van der Waals surface area contributed by atoms with Crippen molar-refractivity contribution >= 4 is 5.65 Å². The summed E-state index contributed by atoms with van der Waals surface area (Å²) in [5.41, 5.74) is 1.82. The molecule has 27 heavy (non-hydrogen) atoms. The van der Waals surface area contributed by atoms with E-state index < -0.39 is 17.4 Å². The minimum Gasteiger partial charge on any atom is -0.381 e. The third kappa shape index (κ3) is 3.04. The van der Waals surface area contributed by atoms with Gasteiger partial charge in [0.1, 0.15) is 0 Å². The van der Waals surface area contributed by atoms with Crippen molar-refractivity contribution in [3.05, 3.63) is 54.0 Å². The fourth-order valence-corrected chi connectivity index (χ4v) is 3.42. The fourth-order valence-electron chi connectivity index (χ4n) is 3.42. The molecule has 138 valence electrons. The molecular formula is C19H15F3N4O. The van der Waals surface area contributed by atoms with Gasteiger partial charge in [-0.05, 0) is 41.7 Å². The van der Waals surface area contributed by atoms with Crippen molar-refractivity contribution < 1.29 is 17.9 Å². The van der Waals surface area contributed by atoms with E-state index in [1.54, 1.807) is 6.07 Å². The van der Waals surface area contributed by atoms with Gasteiger partial charge in [0.15, 0.2) is 5.65 Å². The molecule has 0 aliphatic carbocycles. The summed E-state index contributed by atoms with van der Waals surface area (Å²) in [4.78, 5) is 0. The number of nitriles is 1. The highest BCUT2D eigenvalue weighted by Crippen LogP contribution is 2.35. The quantitative estimate of drug-likeness (QED) is 0.682. The minimum atomic E-state index is -4.58. The molecule has 8 heteroatoms. The van der Waals surface area contributed by atoms with Crippen LogP contribution in [0.4, 0.5) is 13.2 Å². The van der Waals surface area contributed by atoms with Gasteiger partial charge in [0, 0.05) is 19.4 Å². The molecule has 0 saturated carbocycles. The lowest BCUT2D eigenvalue weighted by atomic mass is 9.75. The highest BCUT2D eigenvalue weighted by Gasteiger charge is 2.37. The second kappa shape index (κ2) is 6.35. The Labute approximate surface area is 153 Å². The van der Waals surface area contributed by atoms with Crippen molar-refractivity contribution in [1.29, 1.82) is 5.26 Å². The molecular weight excluding hydrogens is 357 g/mol. The van der Waals surface area contributed by atoms with Crippen LogP contribution >= 0.6 is 0 Å². The third-order valence-electron chi connectivity index (χ3n) is 4.99. The van der Waals surface area contributed by atoms with E-state index in [1.165, 1.54) is 12.3 Å². The first-order valence-corrected chi connectivity index (χ1v) is 8.45. The SMILES string of the molecule is N#CC1(c2ccc(-c3ccc4nnc(C(F)(F)F)n4c3)cc2)CCOCC1. The van der Waals surface area contributed by atoms with Crippen molar-refractivity contribution in [3.8, 4) is 17.2 Å². The maximum atomic E-state index is 13.1. The Hall–Kier alpha value is -2.92. The number of alkyl halides is 3. The van der Waals surface area contributed by atoms with Crippen molar-refractivity contribution in [1.82, 2.24) is 14.6 Å². The van der Waals surface area contributed by atoms with E-state index in [-0.39, 0.29) is 5.65 Å². The molecule has 0 unspecified atom stereocenters. The predicted octanol–water partition coefficient (Wildman–Crippen LogP) is 3.99. The lowest BCUT2D eigenvalue weighted by Crippen LogP contribution is -2.32. The van der Waals surface area contributed by atoms with Gasteiger partial charge >= 0.3 is 6.18 Å². The van der Waals surface area contributed by atoms with Gasteiger partial charge in [0.25, 0.3) is 0 Å². The van der Waals surface area contributed by atoms with Crippen LogP contribution in [0.3, 0.4) is 0 Å². The minimum absolute atomic E-state index is 0.133. The van der Waals surface area contributed by atoms with E-state index in [0.717, 1.165) is 15.5 Å². The van der Waals surface area contributed by atoms with Gasteiger partial charge in [-0.3, -0.25) is 4.40 Å². The zero-order chi connectivity index (χ0) is 19.1. The molecule has 1 saturated heterocycles. The standard InChI is InChI=1S/C19H15F3N4O/c20-19(21,22)17-25-24-16-6-3-14(11-26(16)17)13-1-4-15(5-2-13)18(12-23)7-9-27-10-8-18/h1-6,11H,7-10H2. The Bertz CT molecular complexity index is 1010. The molecule has 1 aliphatic rings. The Morgan fingerprint density at radius 3 is 2.30 bits per heavy atom. The van der Waals surface area contributed by atoms with Gasteiger partial charge in [-0.1, -0.05) is 24.3 Å². The smallest absolute Gasteiger partial charge is 0.381 e. The van der Waals surface area contributed by atoms with Crippen LogP contribution in [-0.2, 0) is 16.3 Å². The lowest BCUT2D eigenvalue weighted by Gasteiger charge is -2.31. The van der Waals surface area contributed by atoms with Crippen LogP contribution in [0.25, 0.3) is 16.8 Å². The van der Waals surface area contributed by atoms with Crippen molar-refractivity contribution in [2.75, 3.05) is 13.2 Å². The van der Waals surface area contributed by atoms with E-state index in [9.17, 15) is 18.4 Å². The first-order chi connectivity index (χ1) is 12.9. The van der Waals surface area contributed by atoms with Gasteiger partial charge in [-0.25, -0.2) is 0 Å². The monoisotopic (exact) mass is 372 g/mol. The molecule has 0 amide bonds. The van der Waals surface area contributed by atoms with Crippen LogP contribution in [0.15, 0.2) is 42.6 Å². The Balaban J connectivity index is 1.71. The molecule has 3 heterocycles. The number of benzene rings is 1. The Kier molecular flexibility index (Phi) is 4.12. The van der Waals surface area contributed by atoms with Crippen LogP contribution in [0.5, 0.6) is 0 Å². The Morgan fingerprint density at radius 2 is 1.67 bits per heavy atom. The maximum absolute atomic E-state index is 13.1. The summed E-state index contributed by atoms with van der Waals surface area (Å²) in [6.45, 7) is 1.08. The highest BCUT2D eigenvalue weighted by molar-refractivity contribution is 5.65. The summed E-state index contributed by atoms with van der Waals surface area (Å²) < 4.78 is 45.5. The van der Waals surface area contributed by atoms with Crippen molar-refractivity contribution in [2.45, 2.75) is 24.4 Å². The van der Waals surface area contributed by atoms with Crippen LogP contribution in [-0.4, -0.2) is 27.8 Å². The molecule has 1 fully saturated rings. The molecule has 0 spiro atoms. The highest BCUT2D eigenvalue weighted by atomic mass is 19.4. The molecule has 0 atom stereocenters. The van der Waals surface area contributed by atoms with E-state index >= 15 is 0 Å². The molecule has 4 rings (SSSR count). The van der Waals surface area contributed by atoms with Crippen LogP contribution in [0, 0.1) is 11.3 Å². The number of hydrogen-bond donors (Lipinski definition) is 0. The van der Waals surface area contributed by atoms with E-state index in [2.05, 4.69) is 16.3 Å². The zero-order valence-electron chi connectivity index (χ0n) is 14.2. The van der Waals surface area contributed by atoms with Crippen molar-refractivity contribution in [3.63, 3.8) is 0 Å². The number of halogens is 3. The summed E-state index contributed by atoms with van der Waals surface area (Å²) in [5.74, 6) is -1.05. The van der Waals surface area contributed by atoms with Gasteiger partial charge in [0.05, 0.1) is 11.5 Å². The molecule has 3 aromatic rings. The maximum Gasteiger partial charge on any atom is 0.452 e. The normalized spacial score (nSPS) is 17.0. The molecule has 0 N–H and O–H groups in total. The number of hydrogen-bond acceptors (Lipinski definition) is 4. The number of rotatable bonds is 2. The molecule has 0 radical (unpaired) electrons. The first kappa shape index (κ1) is 17.5. The zero-order valence-corrected chi connectivity index (χ0v) is 14.2. The topological polar surface area (TPSA) is 63.2 Å². The molecule has 1 aromatic carbocycles. The summed E-state index contributed by atoms with van der Waals surface area (Å²) >= 11 is 0. The number of fused-ring (bicyclic) bond motifs is 1. The second-order valence-corrected chi connectivity index (χ2v) is 6.55. The number of ether oxygens (including phenoxy) is 1. The third-order valence-corrected chi connectivity index (χ3v) is 4.99. The predicted molar refractivity (Wildman–Crippen MR) is 90.8 cm³/mol. The molecule has 1 aliphatic heterocycles. The van der Waals surface area contributed by atoms with Gasteiger partial charge in [-0.2, -0.15) is 18.4 Å². The Morgan fingerprint density at radius 1 is 1.00 bits per heavy atom. The molecule has 2 aromatic heterocycles. The first-order valence-electron chi connectivity index (χ1n) is 8.45. The summed E-state index contributed by atoms with van der Waals surface area (Å²) in [6.07, 6.45) is -1.94. The largest absolute Gasteiger partial charge is 0.452 e. The average molecular weight is 372 g/mol. The van der Waals surface area contributed by atoms with Crippen LogP contribution in [0.2, 0.25) is 0 Å². The second-order valence-electron chi connectivity index (χ2n) is 6.55. The number of aromatic nitrogens is 3. The fraction of sp³-hybridized carbons (Fsp3) is 0.316. The van der Waals surface area contributed by atoms with E-state index in [1.807, 2.05) is 24.3 Å². The number of pyridine rings is 1. The molecule has 5 nitrogen and oxygen atoms in total. The van der Waals surface area contributed by atoms with Gasteiger partial charge in [-0.15, -0.1) is 10.2 Å². The van der Waals surface area contributed by atoms with Crippen LogP contribution in [0.1, 0.15) is 24.2 Å². The van der Waals surface area contributed by atoms with E-state index in [4.69, 9.17) is 4.74 Å². The summed E-state index contributed by atoms with van der Waals surface area (Å²) in [7, 11) is 0. The van der Waals surface area contributed by atoms with Gasteiger partial charge in [0.2, 0.25) is 5.82 Å². The lowest BCUT2D eigenvalue weighted by molar-refractivity contribution is -0.145. The van der Waals surface area contributed by atoms with E-state index in [0.29, 0.717) is 31.6 Å². The van der Waals surface area contributed by atoms with Gasteiger partial charge < -0.3 is 4.74 Å². The van der Waals surface area contributed by atoms with Crippen molar-refractivity contribution in [2.24, 2.45) is 0 Å². The summed E-state index contributed by atoms with van der Waals surface area (Å²) in [6, 6.07) is 13.0. The molecule has 0 bridgehead atoms. The summed E-state index contributed by atoms with van der Waals surface area (Å²) in [5, 5.41) is 16.5.